The summed E-state index contributed by atoms with van der Waals surface area (Å²) in [4.78, 5) is 14.2. The van der Waals surface area contributed by atoms with Crippen molar-refractivity contribution in [3.63, 3.8) is 0 Å². The predicted octanol–water partition coefficient (Wildman–Crippen LogP) is 7.96. The van der Waals surface area contributed by atoms with E-state index in [0.29, 0.717) is 17.7 Å². The number of para-hydroxylation sites is 2. The standard InChI is InChI=1S/C33H21NO3/c1-36-20-12-10-19(11-13-20)18-34-26-8-4-2-7-25(26)29-27(34)17-16-22-23-14-15-24-21-6-3-5-9-28(21)37-33(24)31(23)32(35)30(22)29/h2-17H,18H2,1H3. The Bertz CT molecular complexity index is 2060. The summed E-state index contributed by atoms with van der Waals surface area (Å²) in [6, 6.07) is 32.9. The fraction of sp³-hybridized carbons (Fsp3) is 0.0606. The van der Waals surface area contributed by atoms with Gasteiger partial charge in [0.25, 0.3) is 0 Å². The minimum absolute atomic E-state index is 0.0348. The van der Waals surface area contributed by atoms with Crippen LogP contribution < -0.4 is 4.74 Å². The van der Waals surface area contributed by atoms with E-state index in [1.165, 1.54) is 5.56 Å². The normalized spacial score (nSPS) is 12.6. The molecule has 1 aliphatic rings. The minimum Gasteiger partial charge on any atom is -0.497 e. The van der Waals surface area contributed by atoms with Crippen molar-refractivity contribution in [3.05, 3.63) is 114 Å². The van der Waals surface area contributed by atoms with Gasteiger partial charge in [-0.3, -0.25) is 4.79 Å². The number of aromatic nitrogens is 1. The molecule has 0 spiro atoms. The van der Waals surface area contributed by atoms with E-state index in [0.717, 1.165) is 60.6 Å². The Labute approximate surface area is 212 Å². The van der Waals surface area contributed by atoms with Gasteiger partial charge < -0.3 is 13.7 Å². The Morgan fingerprint density at radius 2 is 1.43 bits per heavy atom. The van der Waals surface area contributed by atoms with Crippen molar-refractivity contribution < 1.29 is 13.9 Å². The summed E-state index contributed by atoms with van der Waals surface area (Å²) in [5, 5.41) is 4.11. The highest BCUT2D eigenvalue weighted by atomic mass is 16.5. The molecule has 0 N–H and O–H groups in total. The van der Waals surface area contributed by atoms with Crippen LogP contribution in [-0.2, 0) is 6.54 Å². The monoisotopic (exact) mass is 479 g/mol. The van der Waals surface area contributed by atoms with Crippen LogP contribution in [0.5, 0.6) is 5.75 Å². The van der Waals surface area contributed by atoms with Crippen LogP contribution in [0.15, 0.2) is 101 Å². The zero-order valence-corrected chi connectivity index (χ0v) is 20.1. The average molecular weight is 480 g/mol. The van der Waals surface area contributed by atoms with Gasteiger partial charge in [0, 0.05) is 39.2 Å². The van der Waals surface area contributed by atoms with Gasteiger partial charge >= 0.3 is 0 Å². The number of carbonyl (C=O) groups excluding carboxylic acids is 1. The minimum atomic E-state index is 0.0348. The van der Waals surface area contributed by atoms with Crippen LogP contribution in [0.25, 0.3) is 54.9 Å². The number of ketones is 1. The number of ether oxygens (including phenoxy) is 1. The number of nitrogens with zero attached hydrogens (tertiary/aromatic N) is 1. The molecule has 4 heteroatoms. The van der Waals surface area contributed by atoms with E-state index in [2.05, 4.69) is 59.2 Å². The van der Waals surface area contributed by atoms with Crippen molar-refractivity contribution in [2.45, 2.75) is 6.54 Å². The molecular weight excluding hydrogens is 458 g/mol. The molecule has 1 aliphatic carbocycles. The number of benzene rings is 5. The third kappa shape index (κ3) is 2.70. The lowest BCUT2D eigenvalue weighted by atomic mass is 10.0. The Balaban J connectivity index is 1.39. The maximum Gasteiger partial charge on any atom is 0.198 e. The molecule has 176 valence electrons. The molecule has 0 saturated heterocycles. The number of carbonyl (C=O) groups is 1. The highest BCUT2D eigenvalue weighted by Gasteiger charge is 2.34. The molecule has 2 heterocycles. The Morgan fingerprint density at radius 3 is 2.27 bits per heavy atom. The van der Waals surface area contributed by atoms with Gasteiger partial charge in [0.15, 0.2) is 5.78 Å². The van der Waals surface area contributed by atoms with Crippen LogP contribution >= 0.6 is 0 Å². The van der Waals surface area contributed by atoms with E-state index in [4.69, 9.17) is 9.15 Å². The number of rotatable bonds is 3. The van der Waals surface area contributed by atoms with E-state index in [-0.39, 0.29) is 5.78 Å². The van der Waals surface area contributed by atoms with Crippen LogP contribution in [-0.4, -0.2) is 17.5 Å². The lowest BCUT2D eigenvalue weighted by Gasteiger charge is -2.09. The molecule has 0 unspecified atom stereocenters. The third-order valence-electron chi connectivity index (χ3n) is 7.73. The summed E-state index contributed by atoms with van der Waals surface area (Å²) in [7, 11) is 1.68. The molecule has 0 fully saturated rings. The van der Waals surface area contributed by atoms with Crippen molar-refractivity contribution in [2.75, 3.05) is 7.11 Å². The van der Waals surface area contributed by atoms with Crippen LogP contribution in [0.4, 0.5) is 0 Å². The number of hydrogen-bond donors (Lipinski definition) is 0. The van der Waals surface area contributed by atoms with Crippen molar-refractivity contribution in [1.29, 1.82) is 0 Å². The SMILES string of the molecule is COc1ccc(Cn2c3ccccc3c3c4c(ccc32)-c2ccc3c(oc5ccccc53)c2C4=O)cc1. The van der Waals surface area contributed by atoms with E-state index < -0.39 is 0 Å². The first-order chi connectivity index (χ1) is 18.2. The first-order valence-electron chi connectivity index (χ1n) is 12.4. The highest BCUT2D eigenvalue weighted by Crippen LogP contribution is 2.47. The molecule has 0 saturated carbocycles. The zero-order chi connectivity index (χ0) is 24.7. The Morgan fingerprint density at radius 1 is 0.703 bits per heavy atom. The van der Waals surface area contributed by atoms with Crippen LogP contribution in [0.3, 0.4) is 0 Å². The van der Waals surface area contributed by atoms with Gasteiger partial charge in [-0.25, -0.2) is 0 Å². The van der Waals surface area contributed by atoms with E-state index in [9.17, 15) is 4.79 Å². The molecule has 0 bridgehead atoms. The van der Waals surface area contributed by atoms with Gasteiger partial charge in [0.05, 0.1) is 18.2 Å². The molecule has 0 amide bonds. The highest BCUT2D eigenvalue weighted by molar-refractivity contribution is 6.34. The van der Waals surface area contributed by atoms with Crippen molar-refractivity contribution in [2.24, 2.45) is 0 Å². The average Bonchev–Trinajstić information content (AvgIpc) is 3.57. The van der Waals surface area contributed by atoms with Gasteiger partial charge in [-0.15, -0.1) is 0 Å². The number of methoxy groups -OCH3 is 1. The molecule has 8 rings (SSSR count). The van der Waals surface area contributed by atoms with E-state index in [1.54, 1.807) is 7.11 Å². The summed E-state index contributed by atoms with van der Waals surface area (Å²) in [6.45, 7) is 0.696. The Hall–Kier alpha value is -4.83. The topological polar surface area (TPSA) is 44.4 Å². The molecule has 0 atom stereocenters. The van der Waals surface area contributed by atoms with Gasteiger partial charge in [-0.05, 0) is 53.1 Å². The summed E-state index contributed by atoms with van der Waals surface area (Å²) < 4.78 is 13.9. The molecule has 7 aromatic rings. The number of hydrogen-bond acceptors (Lipinski definition) is 3. The van der Waals surface area contributed by atoms with E-state index in [1.807, 2.05) is 42.5 Å². The Kier molecular flexibility index (Phi) is 4.04. The fourth-order valence-corrected chi connectivity index (χ4v) is 6.05. The van der Waals surface area contributed by atoms with Gasteiger partial charge in [0.1, 0.15) is 16.9 Å². The quantitative estimate of drug-likeness (QED) is 0.258. The molecular formula is C33H21NO3. The summed E-state index contributed by atoms with van der Waals surface area (Å²) in [5.41, 5.74) is 8.17. The van der Waals surface area contributed by atoms with Crippen molar-refractivity contribution in [3.8, 4) is 16.9 Å². The maximum atomic E-state index is 14.2. The molecule has 5 aromatic carbocycles. The second kappa shape index (κ2) is 7.34. The molecule has 0 aliphatic heterocycles. The molecule has 37 heavy (non-hydrogen) atoms. The molecule has 0 radical (unpaired) electrons. The third-order valence-corrected chi connectivity index (χ3v) is 7.73. The number of furan rings is 1. The fourth-order valence-electron chi connectivity index (χ4n) is 6.05. The number of fused-ring (bicyclic) bond motifs is 11. The smallest absolute Gasteiger partial charge is 0.198 e. The molecule has 4 nitrogen and oxygen atoms in total. The largest absolute Gasteiger partial charge is 0.497 e. The lowest BCUT2D eigenvalue weighted by molar-refractivity contribution is 0.104. The first kappa shape index (κ1) is 20.4. The first-order valence-corrected chi connectivity index (χ1v) is 12.4. The van der Waals surface area contributed by atoms with E-state index >= 15 is 0 Å². The maximum absolute atomic E-state index is 14.2. The second-order valence-electron chi connectivity index (χ2n) is 9.63. The van der Waals surface area contributed by atoms with Crippen molar-refractivity contribution in [1.82, 2.24) is 4.57 Å². The molecule has 2 aromatic heterocycles. The summed E-state index contributed by atoms with van der Waals surface area (Å²) >= 11 is 0. The van der Waals surface area contributed by atoms with Crippen LogP contribution in [0, 0.1) is 0 Å². The second-order valence-corrected chi connectivity index (χ2v) is 9.63. The lowest BCUT2D eigenvalue weighted by Crippen LogP contribution is -2.00. The van der Waals surface area contributed by atoms with Gasteiger partial charge in [0.2, 0.25) is 0 Å². The summed E-state index contributed by atoms with van der Waals surface area (Å²) in [6.07, 6.45) is 0. The predicted molar refractivity (Wildman–Crippen MR) is 148 cm³/mol. The van der Waals surface area contributed by atoms with Crippen LogP contribution in [0.2, 0.25) is 0 Å². The summed E-state index contributed by atoms with van der Waals surface area (Å²) in [5.74, 6) is 0.872. The van der Waals surface area contributed by atoms with Gasteiger partial charge in [-0.1, -0.05) is 60.7 Å². The van der Waals surface area contributed by atoms with Gasteiger partial charge in [-0.2, -0.15) is 0 Å². The zero-order valence-electron chi connectivity index (χ0n) is 20.1. The van der Waals surface area contributed by atoms with Crippen molar-refractivity contribution >= 4 is 49.5 Å². The van der Waals surface area contributed by atoms with Crippen LogP contribution in [0.1, 0.15) is 21.5 Å².